The second-order valence-electron chi connectivity index (χ2n) is 7.12. The molecule has 0 N–H and O–H groups in total. The summed E-state index contributed by atoms with van der Waals surface area (Å²) in [4.78, 5) is 23.5. The average molecular weight is 370 g/mol. The summed E-state index contributed by atoms with van der Waals surface area (Å²) in [6, 6.07) is 3.94. The van der Waals surface area contributed by atoms with Gasteiger partial charge in [-0.2, -0.15) is 10.1 Å². The van der Waals surface area contributed by atoms with Gasteiger partial charge in [0.2, 0.25) is 5.95 Å². The Balaban J connectivity index is 1.42. The zero-order valence-corrected chi connectivity index (χ0v) is 15.8. The Morgan fingerprint density at radius 3 is 2.81 bits per heavy atom. The molecule has 1 amide bonds. The van der Waals surface area contributed by atoms with E-state index < -0.39 is 0 Å². The number of piperidine rings is 1. The van der Waals surface area contributed by atoms with Crippen LogP contribution in [0.2, 0.25) is 0 Å². The lowest BCUT2D eigenvalue weighted by Gasteiger charge is -2.37. The van der Waals surface area contributed by atoms with Crippen LogP contribution in [-0.2, 0) is 0 Å². The van der Waals surface area contributed by atoms with E-state index in [0.29, 0.717) is 24.9 Å². The van der Waals surface area contributed by atoms with Gasteiger partial charge in [0.1, 0.15) is 0 Å². The summed E-state index contributed by atoms with van der Waals surface area (Å²) in [5.74, 6) is 1.91. The maximum Gasteiger partial charge on any atom is 0.289 e. The maximum absolute atomic E-state index is 12.4. The number of aromatic nitrogens is 3. The molecule has 4 rings (SSSR count). The summed E-state index contributed by atoms with van der Waals surface area (Å²) in [5.41, 5.74) is 0. The number of carbonyl (C=O) groups excluding carboxylic acids is 1. The molecule has 0 saturated carbocycles. The number of amides is 1. The minimum Gasteiger partial charge on any atom is -0.459 e. The summed E-state index contributed by atoms with van der Waals surface area (Å²) in [7, 11) is 0. The van der Waals surface area contributed by atoms with E-state index in [1.165, 1.54) is 25.5 Å². The molecule has 144 valence electrons. The van der Waals surface area contributed by atoms with Gasteiger partial charge in [-0.3, -0.25) is 4.79 Å². The van der Waals surface area contributed by atoms with Crippen LogP contribution in [0.5, 0.6) is 0 Å². The first-order valence-corrected chi connectivity index (χ1v) is 9.80. The van der Waals surface area contributed by atoms with Crippen molar-refractivity contribution in [3.05, 3.63) is 30.4 Å². The van der Waals surface area contributed by atoms with E-state index >= 15 is 0 Å². The quantitative estimate of drug-likeness (QED) is 0.816. The fourth-order valence-electron chi connectivity index (χ4n) is 3.94. The van der Waals surface area contributed by atoms with E-state index in [4.69, 9.17) is 9.40 Å². The van der Waals surface area contributed by atoms with Crippen molar-refractivity contribution in [2.45, 2.75) is 38.6 Å². The normalized spacial score (nSPS) is 20.8. The lowest BCUT2D eigenvalue weighted by Crippen LogP contribution is -2.49. The van der Waals surface area contributed by atoms with Gasteiger partial charge in [-0.25, -0.2) is 0 Å². The van der Waals surface area contributed by atoms with Crippen LogP contribution in [0.4, 0.5) is 11.8 Å². The van der Waals surface area contributed by atoms with Gasteiger partial charge in [0.05, 0.1) is 12.5 Å². The molecule has 8 nitrogen and oxygen atoms in total. The van der Waals surface area contributed by atoms with Crippen LogP contribution in [0.3, 0.4) is 0 Å². The van der Waals surface area contributed by atoms with Crippen LogP contribution in [0.1, 0.15) is 43.2 Å². The maximum atomic E-state index is 12.4. The fourth-order valence-corrected chi connectivity index (χ4v) is 3.94. The number of nitrogens with zero attached hydrogens (tertiary/aromatic N) is 6. The van der Waals surface area contributed by atoms with Crippen molar-refractivity contribution in [2.75, 3.05) is 42.5 Å². The highest BCUT2D eigenvalue weighted by molar-refractivity contribution is 5.91. The van der Waals surface area contributed by atoms with E-state index in [-0.39, 0.29) is 5.91 Å². The first-order chi connectivity index (χ1) is 13.3. The molecule has 2 saturated heterocycles. The molecular formula is C19H26N6O2. The van der Waals surface area contributed by atoms with E-state index in [1.807, 2.05) is 4.90 Å². The third-order valence-corrected chi connectivity index (χ3v) is 5.51. The van der Waals surface area contributed by atoms with Gasteiger partial charge in [-0.15, -0.1) is 5.10 Å². The first-order valence-electron chi connectivity index (χ1n) is 9.80. The average Bonchev–Trinajstić information content (AvgIpc) is 3.28. The summed E-state index contributed by atoms with van der Waals surface area (Å²) in [5, 5.41) is 8.50. The molecule has 0 bridgehead atoms. The van der Waals surface area contributed by atoms with Crippen molar-refractivity contribution >= 4 is 17.7 Å². The van der Waals surface area contributed by atoms with Crippen molar-refractivity contribution in [3.63, 3.8) is 0 Å². The third kappa shape index (κ3) is 3.74. The highest BCUT2D eigenvalue weighted by Gasteiger charge is 2.27. The standard InChI is InChI=1S/C19H26N6O2/c1-2-15-6-3-4-8-25(15)19-21-17(14-20-22-19)23-9-11-24(12-10-23)18(26)16-7-5-13-27-16/h5,7,13-15H,2-4,6,8-12H2,1H3. The summed E-state index contributed by atoms with van der Waals surface area (Å²) in [6.45, 7) is 5.94. The van der Waals surface area contributed by atoms with Crippen LogP contribution < -0.4 is 9.80 Å². The fraction of sp³-hybridized carbons (Fsp3) is 0.579. The Morgan fingerprint density at radius 2 is 2.07 bits per heavy atom. The van der Waals surface area contributed by atoms with Gasteiger partial charge in [-0.1, -0.05) is 6.92 Å². The summed E-state index contributed by atoms with van der Waals surface area (Å²) < 4.78 is 5.22. The molecule has 1 atom stereocenters. The van der Waals surface area contributed by atoms with Crippen molar-refractivity contribution in [1.29, 1.82) is 0 Å². The van der Waals surface area contributed by atoms with Crippen LogP contribution in [0, 0.1) is 0 Å². The highest BCUT2D eigenvalue weighted by atomic mass is 16.3. The molecule has 0 aromatic carbocycles. The number of furan rings is 1. The van der Waals surface area contributed by atoms with Gasteiger partial charge in [0.15, 0.2) is 11.6 Å². The zero-order valence-electron chi connectivity index (χ0n) is 15.8. The molecule has 2 aliphatic heterocycles. The van der Waals surface area contributed by atoms with Crippen LogP contribution in [-0.4, -0.2) is 64.8 Å². The summed E-state index contributed by atoms with van der Waals surface area (Å²) in [6.07, 6.45) is 7.99. The number of carbonyl (C=O) groups is 1. The number of piperazine rings is 1. The van der Waals surface area contributed by atoms with Crippen molar-refractivity contribution in [1.82, 2.24) is 20.1 Å². The molecule has 2 aliphatic rings. The number of anilines is 2. The number of rotatable bonds is 4. The second kappa shape index (κ2) is 7.94. The zero-order chi connectivity index (χ0) is 18.6. The van der Waals surface area contributed by atoms with Crippen molar-refractivity contribution < 1.29 is 9.21 Å². The van der Waals surface area contributed by atoms with Gasteiger partial charge < -0.3 is 19.1 Å². The largest absolute Gasteiger partial charge is 0.459 e. The second-order valence-corrected chi connectivity index (χ2v) is 7.12. The lowest BCUT2D eigenvalue weighted by molar-refractivity contribution is 0.0714. The minimum absolute atomic E-state index is 0.0553. The Morgan fingerprint density at radius 1 is 1.22 bits per heavy atom. The molecule has 4 heterocycles. The molecule has 2 aromatic rings. The monoisotopic (exact) mass is 370 g/mol. The molecule has 0 spiro atoms. The van der Waals surface area contributed by atoms with Gasteiger partial charge in [-0.05, 0) is 37.8 Å². The molecule has 27 heavy (non-hydrogen) atoms. The van der Waals surface area contributed by atoms with Gasteiger partial charge >= 0.3 is 0 Å². The SMILES string of the molecule is CCC1CCCCN1c1nncc(N2CCN(C(=O)c3ccco3)CC2)n1. The smallest absolute Gasteiger partial charge is 0.289 e. The minimum atomic E-state index is -0.0553. The Labute approximate surface area is 159 Å². The predicted molar refractivity (Wildman–Crippen MR) is 102 cm³/mol. The summed E-state index contributed by atoms with van der Waals surface area (Å²) >= 11 is 0. The Bertz CT molecular complexity index is 757. The topological polar surface area (TPSA) is 78.6 Å². The molecule has 2 fully saturated rings. The number of hydrogen-bond acceptors (Lipinski definition) is 7. The third-order valence-electron chi connectivity index (χ3n) is 5.51. The highest BCUT2D eigenvalue weighted by Crippen LogP contribution is 2.25. The Kier molecular flexibility index (Phi) is 5.22. The molecule has 2 aromatic heterocycles. The van der Waals surface area contributed by atoms with E-state index in [2.05, 4.69) is 26.9 Å². The van der Waals surface area contributed by atoms with Crippen molar-refractivity contribution in [2.24, 2.45) is 0 Å². The van der Waals surface area contributed by atoms with Crippen LogP contribution in [0.15, 0.2) is 29.0 Å². The number of hydrogen-bond donors (Lipinski definition) is 0. The predicted octanol–water partition coefficient (Wildman–Crippen LogP) is 2.20. The van der Waals surface area contributed by atoms with Crippen molar-refractivity contribution in [3.8, 4) is 0 Å². The van der Waals surface area contributed by atoms with Gasteiger partial charge in [0.25, 0.3) is 5.91 Å². The molecule has 0 aliphatic carbocycles. The van der Waals surface area contributed by atoms with E-state index in [1.54, 1.807) is 18.3 Å². The van der Waals surface area contributed by atoms with Crippen LogP contribution >= 0.6 is 0 Å². The van der Waals surface area contributed by atoms with E-state index in [0.717, 1.165) is 37.8 Å². The molecule has 0 radical (unpaired) electrons. The first kappa shape index (κ1) is 17.8. The Hall–Kier alpha value is -2.64. The van der Waals surface area contributed by atoms with Crippen LogP contribution in [0.25, 0.3) is 0 Å². The molecular weight excluding hydrogens is 344 g/mol. The van der Waals surface area contributed by atoms with E-state index in [9.17, 15) is 4.79 Å². The molecule has 1 unspecified atom stereocenters. The lowest BCUT2D eigenvalue weighted by atomic mass is 10.0. The van der Waals surface area contributed by atoms with Gasteiger partial charge in [0, 0.05) is 38.8 Å². The molecule has 8 heteroatoms.